The molecule has 1 aromatic carbocycles. The molecule has 0 saturated heterocycles. The number of benzene rings is 1. The Hall–Kier alpha value is -2.77. The molecule has 0 unspecified atom stereocenters. The Labute approximate surface area is 118 Å². The first-order chi connectivity index (χ1) is 10.1. The number of pyridine rings is 1. The quantitative estimate of drug-likeness (QED) is 0.793. The molecule has 0 N–H and O–H groups in total. The van der Waals surface area contributed by atoms with Crippen molar-refractivity contribution in [3.8, 4) is 17.5 Å². The van der Waals surface area contributed by atoms with Crippen LogP contribution in [0.2, 0.25) is 0 Å². The lowest BCUT2D eigenvalue weighted by Crippen LogP contribution is -2.03. The number of ether oxygens (including phenoxy) is 2. The molecule has 2 rings (SSSR count). The van der Waals surface area contributed by atoms with Crippen molar-refractivity contribution in [2.75, 3.05) is 14.2 Å². The SMILES string of the molecule is COc1nc(Oc2cccc(F)c2F)ccc1[N+](=O)OC. The number of hydrogen-bond donors (Lipinski definition) is 0. The molecule has 2 aromatic rings. The van der Waals surface area contributed by atoms with E-state index < -0.39 is 11.6 Å². The van der Waals surface area contributed by atoms with Gasteiger partial charge in [0.2, 0.25) is 11.7 Å². The lowest BCUT2D eigenvalue weighted by atomic mass is 10.3. The molecular formula is C13H11F2N2O4+. The van der Waals surface area contributed by atoms with Crippen molar-refractivity contribution in [1.82, 2.24) is 4.98 Å². The van der Waals surface area contributed by atoms with Crippen LogP contribution in [0.15, 0.2) is 30.3 Å². The van der Waals surface area contributed by atoms with Crippen molar-refractivity contribution < 1.29 is 28.0 Å². The van der Waals surface area contributed by atoms with Crippen molar-refractivity contribution in [1.29, 1.82) is 0 Å². The Morgan fingerprint density at radius 3 is 2.57 bits per heavy atom. The summed E-state index contributed by atoms with van der Waals surface area (Å²) in [6.45, 7) is 0. The fraction of sp³-hybridized carbons (Fsp3) is 0.154. The predicted octanol–water partition coefficient (Wildman–Crippen LogP) is 3.13. The first-order valence-corrected chi connectivity index (χ1v) is 5.75. The van der Waals surface area contributed by atoms with Gasteiger partial charge in [-0.25, -0.2) is 9.23 Å². The predicted molar refractivity (Wildman–Crippen MR) is 67.5 cm³/mol. The molecule has 0 atom stereocenters. The highest BCUT2D eigenvalue weighted by molar-refractivity contribution is 5.43. The number of nitrogens with zero attached hydrogens (tertiary/aromatic N) is 2. The van der Waals surface area contributed by atoms with Crippen LogP contribution in [-0.2, 0) is 4.84 Å². The minimum atomic E-state index is -1.13. The van der Waals surface area contributed by atoms with Crippen LogP contribution in [0.5, 0.6) is 17.5 Å². The van der Waals surface area contributed by atoms with Gasteiger partial charge >= 0.3 is 11.6 Å². The van der Waals surface area contributed by atoms with Crippen LogP contribution in [-0.4, -0.2) is 24.1 Å². The van der Waals surface area contributed by atoms with Gasteiger partial charge in [0.1, 0.15) is 0 Å². The second kappa shape index (κ2) is 6.12. The average molecular weight is 297 g/mol. The largest absolute Gasteiger partial charge is 0.476 e. The lowest BCUT2D eigenvalue weighted by Gasteiger charge is -2.07. The van der Waals surface area contributed by atoms with Gasteiger partial charge in [-0.3, -0.25) is 0 Å². The van der Waals surface area contributed by atoms with Crippen LogP contribution in [0.1, 0.15) is 0 Å². The van der Waals surface area contributed by atoms with Crippen molar-refractivity contribution in [3.05, 3.63) is 46.9 Å². The van der Waals surface area contributed by atoms with Gasteiger partial charge in [-0.05, 0) is 12.1 Å². The summed E-state index contributed by atoms with van der Waals surface area (Å²) in [5.74, 6) is -2.65. The fourth-order valence-corrected chi connectivity index (χ4v) is 1.54. The van der Waals surface area contributed by atoms with Crippen LogP contribution in [0, 0.1) is 16.5 Å². The van der Waals surface area contributed by atoms with E-state index in [4.69, 9.17) is 9.47 Å². The van der Waals surface area contributed by atoms with Crippen molar-refractivity contribution in [2.24, 2.45) is 0 Å². The van der Waals surface area contributed by atoms with Crippen molar-refractivity contribution in [2.45, 2.75) is 0 Å². The third-order valence-corrected chi connectivity index (χ3v) is 2.50. The van der Waals surface area contributed by atoms with Gasteiger partial charge in [0, 0.05) is 12.1 Å². The van der Waals surface area contributed by atoms with Gasteiger partial charge < -0.3 is 9.47 Å². The summed E-state index contributed by atoms with van der Waals surface area (Å²) in [5.41, 5.74) is 0.00654. The highest BCUT2D eigenvalue weighted by Gasteiger charge is 2.24. The van der Waals surface area contributed by atoms with E-state index in [9.17, 15) is 13.7 Å². The van der Waals surface area contributed by atoms with Gasteiger partial charge in [0.15, 0.2) is 18.7 Å². The standard InChI is InChI=1S/C13H11F2N2O4/c1-19-13-9(17(18)20-2)6-7-11(16-13)21-10-5-3-4-8(14)12(10)15/h3-7H,1-2H3/q+1. The Kier molecular flexibility index (Phi) is 4.27. The third-order valence-electron chi connectivity index (χ3n) is 2.50. The first-order valence-electron chi connectivity index (χ1n) is 5.75. The maximum Gasteiger partial charge on any atom is 0.378 e. The van der Waals surface area contributed by atoms with E-state index in [1.54, 1.807) is 0 Å². The van der Waals surface area contributed by atoms with Crippen LogP contribution >= 0.6 is 0 Å². The van der Waals surface area contributed by atoms with Gasteiger partial charge in [-0.1, -0.05) is 6.07 Å². The summed E-state index contributed by atoms with van der Waals surface area (Å²) in [4.78, 5) is 19.9. The number of methoxy groups -OCH3 is 1. The molecule has 0 amide bonds. The zero-order valence-electron chi connectivity index (χ0n) is 11.2. The molecule has 0 saturated carbocycles. The second-order valence-corrected chi connectivity index (χ2v) is 3.77. The van der Waals surface area contributed by atoms with E-state index in [-0.39, 0.29) is 28.1 Å². The van der Waals surface area contributed by atoms with E-state index in [2.05, 4.69) is 9.82 Å². The summed E-state index contributed by atoms with van der Waals surface area (Å²) >= 11 is 0. The number of aromatic nitrogens is 1. The smallest absolute Gasteiger partial charge is 0.378 e. The van der Waals surface area contributed by atoms with Gasteiger partial charge in [0.05, 0.1) is 12.0 Å². The molecule has 0 radical (unpaired) electrons. The second-order valence-electron chi connectivity index (χ2n) is 3.77. The van der Waals surface area contributed by atoms with E-state index >= 15 is 0 Å². The van der Waals surface area contributed by atoms with Gasteiger partial charge in [-0.2, -0.15) is 9.37 Å². The highest BCUT2D eigenvalue weighted by Crippen LogP contribution is 2.30. The molecule has 1 aromatic heterocycles. The Morgan fingerprint density at radius 2 is 1.90 bits per heavy atom. The molecule has 1 heterocycles. The molecule has 6 nitrogen and oxygen atoms in total. The molecule has 0 bridgehead atoms. The molecule has 0 aliphatic carbocycles. The van der Waals surface area contributed by atoms with Crippen molar-refractivity contribution in [3.63, 3.8) is 0 Å². The van der Waals surface area contributed by atoms with Gasteiger partial charge in [0.25, 0.3) is 4.92 Å². The topological polar surface area (TPSA) is 60.7 Å². The first kappa shape index (κ1) is 14.6. The molecule has 0 aliphatic rings. The zero-order chi connectivity index (χ0) is 15.4. The van der Waals surface area contributed by atoms with Crippen LogP contribution in [0.25, 0.3) is 0 Å². The van der Waals surface area contributed by atoms with Gasteiger partial charge in [-0.15, -0.1) is 0 Å². The monoisotopic (exact) mass is 297 g/mol. The Morgan fingerprint density at radius 1 is 1.14 bits per heavy atom. The van der Waals surface area contributed by atoms with Crippen LogP contribution in [0.4, 0.5) is 14.5 Å². The van der Waals surface area contributed by atoms with E-state index in [0.29, 0.717) is 0 Å². The molecule has 0 aliphatic heterocycles. The summed E-state index contributed by atoms with van der Waals surface area (Å²) in [6.07, 6.45) is 0. The number of halogens is 2. The maximum atomic E-state index is 13.5. The summed E-state index contributed by atoms with van der Waals surface area (Å²) in [5, 5.41) is 0. The minimum Gasteiger partial charge on any atom is -0.476 e. The average Bonchev–Trinajstić information content (AvgIpc) is 2.51. The van der Waals surface area contributed by atoms with Crippen molar-refractivity contribution >= 4 is 5.69 Å². The van der Waals surface area contributed by atoms with Crippen LogP contribution in [0.3, 0.4) is 0 Å². The summed E-state index contributed by atoms with van der Waals surface area (Å²) < 4.78 is 36.6. The maximum absolute atomic E-state index is 13.5. The van der Waals surface area contributed by atoms with E-state index in [1.165, 1.54) is 38.5 Å². The minimum absolute atomic E-state index is 0.00654. The Bertz CT molecular complexity index is 679. The molecule has 110 valence electrons. The third kappa shape index (κ3) is 3.04. The molecule has 8 heteroatoms. The number of hydrogen-bond acceptors (Lipinski definition) is 5. The Balaban J connectivity index is 2.33. The highest BCUT2D eigenvalue weighted by atomic mass is 19.2. The number of rotatable bonds is 5. The van der Waals surface area contributed by atoms with E-state index in [1.807, 2.05) is 0 Å². The van der Waals surface area contributed by atoms with Crippen LogP contribution < -0.4 is 9.47 Å². The summed E-state index contributed by atoms with van der Waals surface area (Å²) in [6, 6.07) is 6.12. The summed E-state index contributed by atoms with van der Waals surface area (Å²) in [7, 11) is 2.47. The molecule has 21 heavy (non-hydrogen) atoms. The fourth-order valence-electron chi connectivity index (χ4n) is 1.54. The molecular weight excluding hydrogens is 286 g/mol. The normalized spacial score (nSPS) is 10.1. The lowest BCUT2D eigenvalue weighted by molar-refractivity contribution is -0.737. The zero-order valence-corrected chi connectivity index (χ0v) is 11.2. The molecule has 0 fully saturated rings. The molecule has 0 spiro atoms. The van der Waals surface area contributed by atoms with E-state index in [0.717, 1.165) is 6.07 Å².